The zero-order valence-electron chi connectivity index (χ0n) is 14.7. The van der Waals surface area contributed by atoms with Gasteiger partial charge in [0.05, 0.1) is 12.1 Å². The molecule has 1 aromatic heterocycles. The standard InChI is InChI=1S/C17H23N5O3/c1-17(2,3)22-14(20-11-21-22)10-19-16(23)18-9-12-5-4-6-13-15(12)25-8-7-24-13/h4-6,11H,7-10H2,1-3H3,(H2,18,19,23). The predicted molar refractivity (Wildman–Crippen MR) is 91.5 cm³/mol. The molecule has 0 bridgehead atoms. The Hall–Kier alpha value is -2.77. The number of ether oxygens (including phenoxy) is 2. The molecule has 1 aliphatic heterocycles. The summed E-state index contributed by atoms with van der Waals surface area (Å²) in [5.74, 6) is 2.11. The fourth-order valence-electron chi connectivity index (χ4n) is 2.62. The number of nitrogens with zero attached hydrogens (tertiary/aromatic N) is 3. The SMILES string of the molecule is CC(C)(C)n1ncnc1CNC(=O)NCc1cccc2c1OCCO2. The van der Waals surface area contributed by atoms with Gasteiger partial charge < -0.3 is 20.1 Å². The molecule has 0 radical (unpaired) electrons. The van der Waals surface area contributed by atoms with Gasteiger partial charge in [-0.1, -0.05) is 12.1 Å². The number of aromatic nitrogens is 3. The van der Waals surface area contributed by atoms with E-state index in [9.17, 15) is 4.79 Å². The highest BCUT2D eigenvalue weighted by atomic mass is 16.6. The summed E-state index contributed by atoms with van der Waals surface area (Å²) in [6.07, 6.45) is 1.49. The maximum Gasteiger partial charge on any atom is 0.315 e. The Morgan fingerprint density at radius 3 is 2.76 bits per heavy atom. The molecule has 1 aromatic carbocycles. The van der Waals surface area contributed by atoms with Crippen molar-refractivity contribution in [2.75, 3.05) is 13.2 Å². The number of nitrogens with one attached hydrogen (secondary N) is 2. The van der Waals surface area contributed by atoms with E-state index in [0.29, 0.717) is 43.6 Å². The van der Waals surface area contributed by atoms with Gasteiger partial charge in [0.25, 0.3) is 0 Å². The van der Waals surface area contributed by atoms with Crippen molar-refractivity contribution in [1.29, 1.82) is 0 Å². The smallest absolute Gasteiger partial charge is 0.315 e. The summed E-state index contributed by atoms with van der Waals surface area (Å²) < 4.78 is 13.0. The van der Waals surface area contributed by atoms with Gasteiger partial charge in [0.2, 0.25) is 0 Å². The van der Waals surface area contributed by atoms with Crippen LogP contribution in [0.2, 0.25) is 0 Å². The normalized spacial score (nSPS) is 13.4. The first-order valence-electron chi connectivity index (χ1n) is 8.24. The largest absolute Gasteiger partial charge is 0.486 e. The molecule has 134 valence electrons. The summed E-state index contributed by atoms with van der Waals surface area (Å²) in [5, 5.41) is 9.84. The molecule has 0 aliphatic carbocycles. The summed E-state index contributed by atoms with van der Waals surface area (Å²) in [4.78, 5) is 16.3. The van der Waals surface area contributed by atoms with Crippen molar-refractivity contribution in [3.63, 3.8) is 0 Å². The highest BCUT2D eigenvalue weighted by Crippen LogP contribution is 2.33. The maximum absolute atomic E-state index is 12.1. The number of fused-ring (bicyclic) bond motifs is 1. The number of amides is 2. The van der Waals surface area contributed by atoms with Crippen LogP contribution in [-0.2, 0) is 18.6 Å². The van der Waals surface area contributed by atoms with Crippen LogP contribution in [0.1, 0.15) is 32.2 Å². The minimum atomic E-state index is -0.280. The lowest BCUT2D eigenvalue weighted by Gasteiger charge is -2.22. The van der Waals surface area contributed by atoms with Crippen LogP contribution >= 0.6 is 0 Å². The van der Waals surface area contributed by atoms with Gasteiger partial charge in [-0.15, -0.1) is 0 Å². The van der Waals surface area contributed by atoms with Gasteiger partial charge in [0, 0.05) is 12.1 Å². The second-order valence-corrected chi connectivity index (χ2v) is 6.74. The van der Waals surface area contributed by atoms with Gasteiger partial charge >= 0.3 is 6.03 Å². The molecule has 2 aromatic rings. The number of benzene rings is 1. The first kappa shape index (κ1) is 17.1. The Balaban J connectivity index is 1.55. The predicted octanol–water partition coefficient (Wildman–Crippen LogP) is 1.80. The second-order valence-electron chi connectivity index (χ2n) is 6.74. The van der Waals surface area contributed by atoms with Crippen LogP contribution in [0.25, 0.3) is 0 Å². The fourth-order valence-corrected chi connectivity index (χ4v) is 2.62. The molecule has 0 fully saturated rings. The molecule has 2 N–H and O–H groups in total. The molecule has 25 heavy (non-hydrogen) atoms. The Labute approximate surface area is 146 Å². The van der Waals surface area contributed by atoms with Crippen LogP contribution in [0.15, 0.2) is 24.5 Å². The topological polar surface area (TPSA) is 90.3 Å². The quantitative estimate of drug-likeness (QED) is 0.882. The summed E-state index contributed by atoms with van der Waals surface area (Å²) in [6, 6.07) is 5.37. The highest BCUT2D eigenvalue weighted by molar-refractivity contribution is 5.73. The molecule has 0 saturated heterocycles. The summed E-state index contributed by atoms with van der Waals surface area (Å²) in [6.45, 7) is 7.81. The van der Waals surface area contributed by atoms with E-state index in [2.05, 4.69) is 20.7 Å². The van der Waals surface area contributed by atoms with Gasteiger partial charge in [-0.3, -0.25) is 0 Å². The lowest BCUT2D eigenvalue weighted by molar-refractivity contribution is 0.169. The average molecular weight is 345 g/mol. The van der Waals surface area contributed by atoms with E-state index in [4.69, 9.17) is 9.47 Å². The van der Waals surface area contributed by atoms with Crippen molar-refractivity contribution in [3.8, 4) is 11.5 Å². The molecular weight excluding hydrogens is 322 g/mol. The number of carbonyl (C=O) groups excluding carboxylic acids is 1. The number of urea groups is 1. The zero-order chi connectivity index (χ0) is 17.9. The lowest BCUT2D eigenvalue weighted by Crippen LogP contribution is -2.36. The Morgan fingerprint density at radius 2 is 1.96 bits per heavy atom. The maximum atomic E-state index is 12.1. The van der Waals surface area contributed by atoms with Gasteiger partial charge in [-0.2, -0.15) is 5.10 Å². The number of hydrogen-bond acceptors (Lipinski definition) is 5. The molecule has 1 aliphatic rings. The number of hydrogen-bond donors (Lipinski definition) is 2. The molecule has 8 heteroatoms. The van der Waals surface area contributed by atoms with Gasteiger partial charge in [-0.05, 0) is 26.8 Å². The van der Waals surface area contributed by atoms with Crippen molar-refractivity contribution in [2.45, 2.75) is 39.4 Å². The molecular formula is C17H23N5O3. The lowest BCUT2D eigenvalue weighted by atomic mass is 10.1. The Kier molecular flexibility index (Phi) is 4.78. The van der Waals surface area contributed by atoms with E-state index in [1.807, 2.05) is 39.0 Å². The highest BCUT2D eigenvalue weighted by Gasteiger charge is 2.19. The molecule has 8 nitrogen and oxygen atoms in total. The average Bonchev–Trinajstić information content (AvgIpc) is 3.07. The third-order valence-electron chi connectivity index (χ3n) is 3.75. The minimum Gasteiger partial charge on any atom is -0.486 e. The van der Waals surface area contributed by atoms with Crippen LogP contribution in [0.3, 0.4) is 0 Å². The van der Waals surface area contributed by atoms with E-state index in [-0.39, 0.29) is 11.6 Å². The van der Waals surface area contributed by atoms with E-state index >= 15 is 0 Å². The minimum absolute atomic E-state index is 0.190. The first-order chi connectivity index (χ1) is 11.9. The molecule has 2 amide bonds. The van der Waals surface area contributed by atoms with Crippen molar-refractivity contribution in [1.82, 2.24) is 25.4 Å². The molecule has 0 saturated carbocycles. The van der Waals surface area contributed by atoms with Crippen LogP contribution in [-0.4, -0.2) is 34.0 Å². The monoisotopic (exact) mass is 345 g/mol. The van der Waals surface area contributed by atoms with Crippen molar-refractivity contribution in [2.24, 2.45) is 0 Å². The second kappa shape index (κ2) is 7.00. The number of carbonyl (C=O) groups is 1. The van der Waals surface area contributed by atoms with Crippen molar-refractivity contribution in [3.05, 3.63) is 35.9 Å². The fraction of sp³-hybridized carbons (Fsp3) is 0.471. The van der Waals surface area contributed by atoms with Crippen molar-refractivity contribution < 1.29 is 14.3 Å². The molecule has 2 heterocycles. The van der Waals surface area contributed by atoms with Gasteiger partial charge in [-0.25, -0.2) is 14.5 Å². The zero-order valence-corrected chi connectivity index (χ0v) is 14.7. The number of rotatable bonds is 4. The summed E-state index contributed by atoms with van der Waals surface area (Å²) in [5.41, 5.74) is 0.690. The molecule has 0 atom stereocenters. The van der Waals surface area contributed by atoms with Crippen LogP contribution < -0.4 is 20.1 Å². The molecule has 0 spiro atoms. The summed E-state index contributed by atoms with van der Waals surface area (Å²) >= 11 is 0. The Bertz CT molecular complexity index is 751. The third kappa shape index (κ3) is 4.01. The van der Waals surface area contributed by atoms with Gasteiger partial charge in [0.1, 0.15) is 25.4 Å². The van der Waals surface area contributed by atoms with Crippen molar-refractivity contribution >= 4 is 6.03 Å². The first-order valence-corrected chi connectivity index (χ1v) is 8.24. The van der Waals surface area contributed by atoms with E-state index in [1.165, 1.54) is 6.33 Å². The van der Waals surface area contributed by atoms with Crippen LogP contribution in [0.4, 0.5) is 4.79 Å². The van der Waals surface area contributed by atoms with Crippen LogP contribution in [0.5, 0.6) is 11.5 Å². The molecule has 0 unspecified atom stereocenters. The van der Waals surface area contributed by atoms with E-state index < -0.39 is 0 Å². The van der Waals surface area contributed by atoms with Crippen LogP contribution in [0, 0.1) is 0 Å². The summed E-state index contributed by atoms with van der Waals surface area (Å²) in [7, 11) is 0. The van der Waals surface area contributed by atoms with Gasteiger partial charge in [0.15, 0.2) is 11.5 Å². The number of para-hydroxylation sites is 1. The molecule has 3 rings (SSSR count). The van der Waals surface area contributed by atoms with E-state index in [0.717, 1.165) is 5.56 Å². The third-order valence-corrected chi connectivity index (χ3v) is 3.75. The Morgan fingerprint density at radius 1 is 1.20 bits per heavy atom. The van der Waals surface area contributed by atoms with E-state index in [1.54, 1.807) is 4.68 Å².